The van der Waals surface area contributed by atoms with Crippen molar-refractivity contribution in [3.63, 3.8) is 0 Å². The zero-order chi connectivity index (χ0) is 14.9. The van der Waals surface area contributed by atoms with E-state index < -0.39 is 0 Å². The predicted octanol–water partition coefficient (Wildman–Crippen LogP) is 3.21. The molecule has 2 aromatic rings. The third-order valence-electron chi connectivity index (χ3n) is 3.06. The van der Waals surface area contributed by atoms with E-state index in [0.29, 0.717) is 12.2 Å². The highest BCUT2D eigenvalue weighted by atomic mass is 15.0. The Labute approximate surface area is 125 Å². The van der Waals surface area contributed by atoms with Crippen LogP contribution in [0, 0.1) is 11.3 Å². The van der Waals surface area contributed by atoms with Gasteiger partial charge >= 0.3 is 0 Å². The number of unbranched alkanes of at least 4 members (excludes halogenated alkanes) is 2. The van der Waals surface area contributed by atoms with E-state index in [9.17, 15) is 0 Å². The molecule has 2 heterocycles. The van der Waals surface area contributed by atoms with Crippen molar-refractivity contribution in [2.75, 3.05) is 11.9 Å². The van der Waals surface area contributed by atoms with Gasteiger partial charge in [0.25, 0.3) is 0 Å². The summed E-state index contributed by atoms with van der Waals surface area (Å²) in [6.07, 6.45) is 5.06. The number of rotatable bonds is 7. The van der Waals surface area contributed by atoms with Crippen molar-refractivity contribution in [3.05, 3.63) is 36.2 Å². The number of aromatic nitrogens is 3. The van der Waals surface area contributed by atoms with Crippen LogP contribution in [-0.2, 0) is 6.42 Å². The fraction of sp³-hybridized carbons (Fsp3) is 0.375. The summed E-state index contributed by atoms with van der Waals surface area (Å²) in [5.41, 5.74) is 1.77. The molecule has 0 bridgehead atoms. The van der Waals surface area contributed by atoms with Crippen LogP contribution in [0.1, 0.15) is 31.9 Å². The van der Waals surface area contributed by atoms with Crippen molar-refractivity contribution in [1.29, 1.82) is 5.26 Å². The summed E-state index contributed by atoms with van der Waals surface area (Å²) in [4.78, 5) is 13.3. The number of hydrogen-bond acceptors (Lipinski definition) is 5. The van der Waals surface area contributed by atoms with Crippen molar-refractivity contribution in [1.82, 2.24) is 15.0 Å². The lowest BCUT2D eigenvalue weighted by Gasteiger charge is -2.08. The second kappa shape index (κ2) is 7.95. The lowest BCUT2D eigenvalue weighted by atomic mass is 10.2. The second-order valence-corrected chi connectivity index (χ2v) is 4.68. The molecule has 0 amide bonds. The van der Waals surface area contributed by atoms with Crippen molar-refractivity contribution < 1.29 is 0 Å². The summed E-state index contributed by atoms with van der Waals surface area (Å²) in [5.74, 6) is 1.47. The molecule has 0 spiro atoms. The number of nitrogens with one attached hydrogen (secondary N) is 1. The van der Waals surface area contributed by atoms with Gasteiger partial charge < -0.3 is 5.32 Å². The van der Waals surface area contributed by atoms with Crippen molar-refractivity contribution in [2.45, 2.75) is 32.6 Å². The molecule has 0 atom stereocenters. The first kappa shape index (κ1) is 14.9. The van der Waals surface area contributed by atoms with E-state index in [4.69, 9.17) is 5.26 Å². The van der Waals surface area contributed by atoms with Crippen LogP contribution in [0.3, 0.4) is 0 Å². The number of aryl methyl sites for hydroxylation is 1. The van der Waals surface area contributed by atoms with Gasteiger partial charge in [-0.2, -0.15) is 5.26 Å². The number of anilines is 1. The Balaban J connectivity index is 2.09. The maximum atomic E-state index is 8.52. The second-order valence-electron chi connectivity index (χ2n) is 4.68. The van der Waals surface area contributed by atoms with Gasteiger partial charge in [0.2, 0.25) is 0 Å². The van der Waals surface area contributed by atoms with Crippen molar-refractivity contribution >= 4 is 5.82 Å². The minimum atomic E-state index is 0.602. The third kappa shape index (κ3) is 4.53. The van der Waals surface area contributed by atoms with E-state index in [1.54, 1.807) is 6.20 Å². The SMILES string of the molecule is CCc1cc(NCCCCC#N)nc(-c2ccccn2)n1. The fourth-order valence-electron chi connectivity index (χ4n) is 1.92. The highest BCUT2D eigenvalue weighted by molar-refractivity contribution is 5.52. The largest absolute Gasteiger partial charge is 0.370 e. The summed E-state index contributed by atoms with van der Waals surface area (Å²) in [7, 11) is 0. The number of pyridine rings is 1. The summed E-state index contributed by atoms with van der Waals surface area (Å²) >= 11 is 0. The normalized spacial score (nSPS) is 10.1. The first-order valence-corrected chi connectivity index (χ1v) is 7.23. The maximum Gasteiger partial charge on any atom is 0.180 e. The van der Waals surface area contributed by atoms with E-state index in [1.165, 1.54) is 0 Å². The highest BCUT2D eigenvalue weighted by Gasteiger charge is 2.06. The van der Waals surface area contributed by atoms with Crippen LogP contribution in [0.2, 0.25) is 0 Å². The molecule has 2 rings (SSSR count). The number of hydrogen-bond donors (Lipinski definition) is 1. The highest BCUT2D eigenvalue weighted by Crippen LogP contribution is 2.16. The Bertz CT molecular complexity index is 604. The monoisotopic (exact) mass is 281 g/mol. The molecule has 1 N–H and O–H groups in total. The molecule has 5 nitrogen and oxygen atoms in total. The average molecular weight is 281 g/mol. The first-order valence-electron chi connectivity index (χ1n) is 7.23. The molecule has 0 aliphatic heterocycles. The summed E-state index contributed by atoms with van der Waals surface area (Å²) in [6, 6.07) is 9.84. The molecule has 2 aromatic heterocycles. The van der Waals surface area contributed by atoms with Gasteiger partial charge in [-0.05, 0) is 31.4 Å². The first-order chi connectivity index (χ1) is 10.3. The van der Waals surface area contributed by atoms with E-state index in [1.807, 2.05) is 24.3 Å². The van der Waals surface area contributed by atoms with Crippen LogP contribution in [-0.4, -0.2) is 21.5 Å². The van der Waals surface area contributed by atoms with Gasteiger partial charge in [-0.3, -0.25) is 4.98 Å². The molecule has 5 heteroatoms. The Morgan fingerprint density at radius 1 is 1.24 bits per heavy atom. The molecule has 0 aliphatic carbocycles. The predicted molar refractivity (Wildman–Crippen MR) is 82.6 cm³/mol. The molecule has 0 aliphatic rings. The van der Waals surface area contributed by atoms with Gasteiger partial charge in [0, 0.05) is 30.9 Å². The number of nitrogens with zero attached hydrogens (tertiary/aromatic N) is 4. The van der Waals surface area contributed by atoms with Crippen molar-refractivity contribution in [2.24, 2.45) is 0 Å². The van der Waals surface area contributed by atoms with Crippen LogP contribution in [0.4, 0.5) is 5.82 Å². The van der Waals surface area contributed by atoms with Crippen LogP contribution in [0.15, 0.2) is 30.5 Å². The molecular formula is C16H19N5. The summed E-state index contributed by atoms with van der Waals surface area (Å²) in [5, 5.41) is 11.8. The molecule has 0 saturated carbocycles. The van der Waals surface area contributed by atoms with Crippen LogP contribution in [0.25, 0.3) is 11.5 Å². The van der Waals surface area contributed by atoms with E-state index in [0.717, 1.165) is 43.0 Å². The van der Waals surface area contributed by atoms with Gasteiger partial charge in [0.15, 0.2) is 5.82 Å². The van der Waals surface area contributed by atoms with Gasteiger partial charge in [-0.25, -0.2) is 9.97 Å². The topological polar surface area (TPSA) is 74.5 Å². The molecule has 21 heavy (non-hydrogen) atoms. The zero-order valence-corrected chi connectivity index (χ0v) is 12.2. The minimum absolute atomic E-state index is 0.602. The van der Waals surface area contributed by atoms with Gasteiger partial charge in [0.1, 0.15) is 11.5 Å². The van der Waals surface area contributed by atoms with Crippen LogP contribution >= 0.6 is 0 Å². The Hall–Kier alpha value is -2.48. The van der Waals surface area contributed by atoms with Crippen LogP contribution in [0.5, 0.6) is 0 Å². The lowest BCUT2D eigenvalue weighted by Crippen LogP contribution is -2.06. The summed E-state index contributed by atoms with van der Waals surface area (Å²) in [6.45, 7) is 2.88. The van der Waals surface area contributed by atoms with Crippen molar-refractivity contribution in [3.8, 4) is 17.6 Å². The smallest absolute Gasteiger partial charge is 0.180 e. The van der Waals surface area contributed by atoms with E-state index in [-0.39, 0.29) is 0 Å². The third-order valence-corrected chi connectivity index (χ3v) is 3.06. The van der Waals surface area contributed by atoms with Gasteiger partial charge in [-0.1, -0.05) is 13.0 Å². The molecule has 0 aromatic carbocycles. The molecule has 0 saturated heterocycles. The Morgan fingerprint density at radius 3 is 2.86 bits per heavy atom. The van der Waals surface area contributed by atoms with Gasteiger partial charge in [0.05, 0.1) is 6.07 Å². The molecular weight excluding hydrogens is 262 g/mol. The molecule has 0 radical (unpaired) electrons. The minimum Gasteiger partial charge on any atom is -0.370 e. The average Bonchev–Trinajstić information content (AvgIpc) is 2.55. The maximum absolute atomic E-state index is 8.52. The Kier molecular flexibility index (Phi) is 5.65. The molecule has 0 unspecified atom stereocenters. The van der Waals surface area contributed by atoms with E-state index in [2.05, 4.69) is 33.3 Å². The van der Waals surface area contributed by atoms with Gasteiger partial charge in [-0.15, -0.1) is 0 Å². The standard InChI is InChI=1S/C16H19N5/c1-2-13-12-15(19-11-6-3-5-9-17)21-16(20-13)14-8-4-7-10-18-14/h4,7-8,10,12H,2-3,5-6,11H2,1H3,(H,19,20,21). The van der Waals surface area contributed by atoms with Crippen LogP contribution < -0.4 is 5.32 Å². The number of nitriles is 1. The Morgan fingerprint density at radius 2 is 2.14 bits per heavy atom. The van der Waals surface area contributed by atoms with E-state index >= 15 is 0 Å². The fourth-order valence-corrected chi connectivity index (χ4v) is 1.92. The molecule has 0 fully saturated rings. The quantitative estimate of drug-likeness (QED) is 0.789. The zero-order valence-electron chi connectivity index (χ0n) is 12.2. The molecule has 108 valence electrons. The summed E-state index contributed by atoms with van der Waals surface area (Å²) < 4.78 is 0. The lowest BCUT2D eigenvalue weighted by molar-refractivity contribution is 0.782.